The Morgan fingerprint density at radius 3 is 2.71 bits per heavy atom. The summed E-state index contributed by atoms with van der Waals surface area (Å²) in [5.41, 5.74) is 1.64. The van der Waals surface area contributed by atoms with Crippen molar-refractivity contribution in [1.29, 1.82) is 0 Å². The number of fused-ring (bicyclic) bond motifs is 2. The van der Waals surface area contributed by atoms with Crippen LogP contribution in [0.3, 0.4) is 0 Å². The van der Waals surface area contributed by atoms with Crippen molar-refractivity contribution in [2.45, 2.75) is 13.0 Å². The number of hydrogen-bond acceptors (Lipinski definition) is 8. The fourth-order valence-electron chi connectivity index (χ4n) is 4.09. The van der Waals surface area contributed by atoms with Gasteiger partial charge in [0.2, 0.25) is 6.79 Å². The van der Waals surface area contributed by atoms with E-state index in [9.17, 15) is 9.59 Å². The van der Waals surface area contributed by atoms with Gasteiger partial charge in [-0.1, -0.05) is 38.9 Å². The molecule has 8 nitrogen and oxygen atoms in total. The first-order valence-corrected chi connectivity index (χ1v) is 12.3. The van der Waals surface area contributed by atoms with E-state index in [4.69, 9.17) is 30.5 Å². The van der Waals surface area contributed by atoms with Crippen LogP contribution in [0.4, 0.5) is 0 Å². The van der Waals surface area contributed by atoms with E-state index >= 15 is 0 Å². The quantitative estimate of drug-likeness (QED) is 0.441. The van der Waals surface area contributed by atoms with Crippen LogP contribution in [-0.4, -0.2) is 31.5 Å². The molecule has 0 unspecified atom stereocenters. The van der Waals surface area contributed by atoms with Crippen molar-refractivity contribution in [1.82, 2.24) is 4.57 Å². The predicted molar refractivity (Wildman–Crippen MR) is 134 cm³/mol. The molecule has 0 fully saturated rings. The summed E-state index contributed by atoms with van der Waals surface area (Å²) >= 11 is 11.1. The van der Waals surface area contributed by atoms with Gasteiger partial charge in [-0.05, 0) is 48.9 Å². The number of hydrogen-bond donors (Lipinski definition) is 0. The van der Waals surface area contributed by atoms with Crippen molar-refractivity contribution >= 4 is 50.9 Å². The molecule has 2 aliphatic heterocycles. The van der Waals surface area contributed by atoms with Crippen LogP contribution in [0.1, 0.15) is 24.1 Å². The summed E-state index contributed by atoms with van der Waals surface area (Å²) in [5.74, 6) is 1.11. The highest BCUT2D eigenvalue weighted by Gasteiger charge is 2.35. The maximum Gasteiger partial charge on any atom is 0.338 e. The summed E-state index contributed by atoms with van der Waals surface area (Å²) in [6.07, 6.45) is 1.75. The number of rotatable bonds is 4. The lowest BCUT2D eigenvalue weighted by molar-refractivity contribution is -0.136. The Hall–Kier alpha value is -3.08. The minimum Gasteiger partial charge on any atom is -0.496 e. The third-order valence-corrected chi connectivity index (χ3v) is 7.60. The number of nitrogens with zero attached hydrogens (tertiary/aromatic N) is 2. The summed E-state index contributed by atoms with van der Waals surface area (Å²) < 4.78 is 24.1. The second-order valence-corrected chi connectivity index (χ2v) is 9.99. The number of methoxy groups -OCH3 is 2. The normalized spacial score (nSPS) is 16.7. The number of esters is 1. The molecule has 0 saturated heterocycles. The van der Waals surface area contributed by atoms with Gasteiger partial charge in [-0.2, -0.15) is 0 Å². The Kier molecular flexibility index (Phi) is 6.20. The molecule has 0 saturated carbocycles. The molecule has 0 aliphatic carbocycles. The number of benzene rings is 2. The van der Waals surface area contributed by atoms with Crippen molar-refractivity contribution in [2.24, 2.45) is 4.99 Å². The summed E-state index contributed by atoms with van der Waals surface area (Å²) in [6, 6.07) is 7.81. The highest BCUT2D eigenvalue weighted by Crippen LogP contribution is 2.38. The van der Waals surface area contributed by atoms with Crippen LogP contribution in [0.2, 0.25) is 5.02 Å². The van der Waals surface area contributed by atoms with E-state index in [2.05, 4.69) is 20.9 Å². The number of ether oxygens (including phenoxy) is 4. The maximum absolute atomic E-state index is 13.8. The van der Waals surface area contributed by atoms with Gasteiger partial charge in [-0.25, -0.2) is 9.79 Å². The van der Waals surface area contributed by atoms with E-state index in [0.29, 0.717) is 42.9 Å². The van der Waals surface area contributed by atoms with Gasteiger partial charge < -0.3 is 18.9 Å². The molecular formula is C24H18BrClN2O6S. The molecule has 0 spiro atoms. The van der Waals surface area contributed by atoms with E-state index in [-0.39, 0.29) is 17.9 Å². The SMILES string of the molecule is COC(=O)C1=C(C)N=c2s/c(=C\c3cc4c(cc3Br)OCO4)c(=O)n2[C@@H]1c1cc(Cl)ccc1OC. The first-order valence-electron chi connectivity index (χ1n) is 10.4. The largest absolute Gasteiger partial charge is 0.496 e. The van der Waals surface area contributed by atoms with E-state index < -0.39 is 12.0 Å². The lowest BCUT2D eigenvalue weighted by atomic mass is 9.95. The first kappa shape index (κ1) is 23.7. The van der Waals surface area contributed by atoms with E-state index in [1.165, 1.54) is 30.1 Å². The standard InChI is InChI=1S/C24H18BrClN2O6S/c1-11-20(23(30)32-3)21(14-8-13(26)4-5-16(14)31-2)28-22(29)19(35-24(28)27-11)7-12-6-17-18(9-15(12)25)34-10-33-17/h4-9,21H,10H2,1-3H3/b19-7-/t21-/m1/s1. The topological polar surface area (TPSA) is 88.4 Å². The van der Waals surface area contributed by atoms with Crippen molar-refractivity contribution in [3.05, 3.63) is 81.9 Å². The summed E-state index contributed by atoms with van der Waals surface area (Å²) in [4.78, 5) is 31.6. The number of carbonyl (C=O) groups excluding carboxylic acids is 1. The highest BCUT2D eigenvalue weighted by molar-refractivity contribution is 9.10. The monoisotopic (exact) mass is 576 g/mol. The van der Waals surface area contributed by atoms with Gasteiger partial charge in [0.05, 0.1) is 30.0 Å². The van der Waals surface area contributed by atoms with Gasteiger partial charge >= 0.3 is 5.97 Å². The number of allylic oxidation sites excluding steroid dienone is 1. The van der Waals surface area contributed by atoms with Gasteiger partial charge in [-0.3, -0.25) is 9.36 Å². The number of thiazole rings is 1. The van der Waals surface area contributed by atoms with Crippen LogP contribution in [0, 0.1) is 0 Å². The van der Waals surface area contributed by atoms with Gasteiger partial charge in [0.15, 0.2) is 16.3 Å². The maximum atomic E-state index is 13.8. The van der Waals surface area contributed by atoms with Crippen molar-refractivity contribution < 1.29 is 23.7 Å². The minimum absolute atomic E-state index is 0.143. The van der Waals surface area contributed by atoms with Crippen LogP contribution in [0.5, 0.6) is 17.2 Å². The Bertz CT molecular complexity index is 1590. The molecule has 35 heavy (non-hydrogen) atoms. The van der Waals surface area contributed by atoms with E-state index in [0.717, 1.165) is 10.0 Å². The zero-order valence-electron chi connectivity index (χ0n) is 18.8. The molecule has 0 radical (unpaired) electrons. The molecule has 2 aromatic carbocycles. The molecule has 3 heterocycles. The first-order chi connectivity index (χ1) is 16.8. The number of carbonyl (C=O) groups is 1. The third kappa shape index (κ3) is 4.05. The number of aromatic nitrogens is 1. The van der Waals surface area contributed by atoms with Crippen molar-refractivity contribution in [3.8, 4) is 17.2 Å². The summed E-state index contributed by atoms with van der Waals surface area (Å²) in [6.45, 7) is 1.85. The Balaban J connectivity index is 1.77. The van der Waals surface area contributed by atoms with Crippen molar-refractivity contribution in [3.63, 3.8) is 0 Å². The van der Waals surface area contributed by atoms with Crippen LogP contribution < -0.4 is 29.1 Å². The smallest absolute Gasteiger partial charge is 0.338 e. The second-order valence-electron chi connectivity index (χ2n) is 7.69. The van der Waals surface area contributed by atoms with Crippen LogP contribution in [0.25, 0.3) is 6.08 Å². The van der Waals surface area contributed by atoms with Crippen LogP contribution in [-0.2, 0) is 9.53 Å². The molecule has 2 aliphatic rings. The molecule has 180 valence electrons. The zero-order chi connectivity index (χ0) is 24.9. The molecule has 0 bridgehead atoms. The van der Waals surface area contributed by atoms with Crippen molar-refractivity contribution in [2.75, 3.05) is 21.0 Å². The zero-order valence-corrected chi connectivity index (χ0v) is 21.9. The molecule has 11 heteroatoms. The average Bonchev–Trinajstić information content (AvgIpc) is 3.41. The molecule has 5 rings (SSSR count). The Morgan fingerprint density at radius 2 is 2.00 bits per heavy atom. The fraction of sp³-hybridized carbons (Fsp3) is 0.208. The minimum atomic E-state index is -0.838. The second kappa shape index (κ2) is 9.18. The lowest BCUT2D eigenvalue weighted by Crippen LogP contribution is -2.40. The van der Waals surface area contributed by atoms with Gasteiger partial charge in [0.25, 0.3) is 5.56 Å². The molecule has 0 amide bonds. The molecular weight excluding hydrogens is 560 g/mol. The summed E-state index contributed by atoms with van der Waals surface area (Å²) in [5, 5.41) is 0.436. The Morgan fingerprint density at radius 1 is 1.26 bits per heavy atom. The predicted octanol–water partition coefficient (Wildman–Crippen LogP) is 3.56. The molecule has 1 aromatic heterocycles. The third-order valence-electron chi connectivity index (χ3n) is 5.69. The van der Waals surface area contributed by atoms with Crippen LogP contribution in [0.15, 0.2) is 55.9 Å². The molecule has 1 atom stereocenters. The highest BCUT2D eigenvalue weighted by atomic mass is 79.9. The fourth-order valence-corrected chi connectivity index (χ4v) is 5.75. The molecule has 0 N–H and O–H groups in total. The van der Waals surface area contributed by atoms with Crippen LogP contribution >= 0.6 is 38.9 Å². The van der Waals surface area contributed by atoms with Gasteiger partial charge in [-0.15, -0.1) is 0 Å². The van der Waals surface area contributed by atoms with Gasteiger partial charge in [0, 0.05) is 15.1 Å². The average molecular weight is 578 g/mol. The lowest BCUT2D eigenvalue weighted by Gasteiger charge is -2.25. The van der Waals surface area contributed by atoms with E-state index in [1.807, 2.05) is 0 Å². The molecule has 3 aromatic rings. The summed E-state index contributed by atoms with van der Waals surface area (Å²) in [7, 11) is 2.80. The Labute approximate surface area is 216 Å². The number of halogens is 2. The van der Waals surface area contributed by atoms with Gasteiger partial charge in [0.1, 0.15) is 11.8 Å². The van der Waals surface area contributed by atoms with E-state index in [1.54, 1.807) is 43.3 Å².